The molecule has 140 valence electrons. The molecule has 1 fully saturated rings. The topological polar surface area (TPSA) is 110 Å². The number of hydrogen-bond acceptors (Lipinski definition) is 7. The lowest BCUT2D eigenvalue weighted by molar-refractivity contribution is -0.153. The number of aliphatic hydroxyl groups is 2. The van der Waals surface area contributed by atoms with Crippen LogP contribution in [0.4, 0.5) is 0 Å². The Kier molecular flexibility index (Phi) is 6.28. The lowest BCUT2D eigenvalue weighted by Crippen LogP contribution is -2.43. The van der Waals surface area contributed by atoms with Gasteiger partial charge in [0.2, 0.25) is 0 Å². The van der Waals surface area contributed by atoms with Crippen LogP contribution >= 0.6 is 0 Å². The minimum atomic E-state index is -1.46. The molecule has 0 aromatic carbocycles. The van der Waals surface area contributed by atoms with Gasteiger partial charge in [-0.05, 0) is 31.4 Å². The average Bonchev–Trinajstić information content (AvgIpc) is 2.88. The molecule has 0 radical (unpaired) electrons. The number of carbonyl (C=O) groups excluding carboxylic acids is 3. The number of fused-ring (bicyclic) bond motifs is 1. The van der Waals surface area contributed by atoms with Gasteiger partial charge in [-0.15, -0.1) is 0 Å². The Labute approximate surface area is 151 Å². The molecule has 0 bridgehead atoms. The molecule has 0 aromatic heterocycles. The van der Waals surface area contributed by atoms with E-state index in [4.69, 9.17) is 9.47 Å². The van der Waals surface area contributed by atoms with Crippen molar-refractivity contribution in [3.63, 3.8) is 0 Å². The van der Waals surface area contributed by atoms with Crippen molar-refractivity contribution >= 4 is 18.2 Å². The molecule has 0 aromatic rings. The Hall–Kier alpha value is -2.51. The maximum atomic E-state index is 12.0. The number of esters is 2. The molecular formula is C19H22O7. The van der Waals surface area contributed by atoms with Gasteiger partial charge in [-0.2, -0.15) is 0 Å². The quantitative estimate of drug-likeness (QED) is 0.329. The summed E-state index contributed by atoms with van der Waals surface area (Å²) in [5.41, 5.74) is 0.748. The van der Waals surface area contributed by atoms with Crippen molar-refractivity contribution in [1.82, 2.24) is 0 Å². The van der Waals surface area contributed by atoms with Crippen LogP contribution in [0, 0.1) is 5.92 Å². The van der Waals surface area contributed by atoms with E-state index in [2.05, 4.69) is 13.2 Å². The van der Waals surface area contributed by atoms with Gasteiger partial charge in [-0.1, -0.05) is 19.2 Å². The van der Waals surface area contributed by atoms with Gasteiger partial charge in [-0.3, -0.25) is 4.79 Å². The zero-order valence-electron chi connectivity index (χ0n) is 14.5. The van der Waals surface area contributed by atoms with Crippen LogP contribution in [0.15, 0.2) is 47.6 Å². The molecule has 1 aliphatic heterocycles. The fourth-order valence-corrected chi connectivity index (χ4v) is 2.99. The molecule has 0 amide bonds. The molecule has 1 saturated heterocycles. The van der Waals surface area contributed by atoms with Gasteiger partial charge in [-0.25, -0.2) is 9.59 Å². The minimum Gasteiger partial charge on any atom is -0.455 e. The average molecular weight is 362 g/mol. The number of aliphatic hydroxyl groups excluding tert-OH is 2. The fourth-order valence-electron chi connectivity index (χ4n) is 2.99. The number of ether oxygens (including phenoxy) is 2. The van der Waals surface area contributed by atoms with Gasteiger partial charge in [0.05, 0.1) is 12.5 Å². The maximum absolute atomic E-state index is 12.0. The van der Waals surface area contributed by atoms with Crippen LogP contribution in [-0.2, 0) is 23.9 Å². The highest BCUT2D eigenvalue weighted by atomic mass is 16.6. The summed E-state index contributed by atoms with van der Waals surface area (Å²) in [6.45, 7) is 8.37. The molecule has 0 unspecified atom stereocenters. The number of rotatable bonds is 4. The molecule has 7 heteroatoms. The first-order valence-electron chi connectivity index (χ1n) is 8.20. The molecule has 2 N–H and O–H groups in total. The molecule has 0 spiro atoms. The predicted molar refractivity (Wildman–Crippen MR) is 91.8 cm³/mol. The molecule has 2 aliphatic rings. The fraction of sp³-hybridized carbons (Fsp3) is 0.421. The summed E-state index contributed by atoms with van der Waals surface area (Å²) < 4.78 is 10.6. The van der Waals surface area contributed by atoms with Gasteiger partial charge < -0.3 is 19.7 Å². The van der Waals surface area contributed by atoms with Crippen molar-refractivity contribution in [2.75, 3.05) is 6.61 Å². The Morgan fingerprint density at radius 3 is 2.77 bits per heavy atom. The van der Waals surface area contributed by atoms with Gasteiger partial charge in [0.25, 0.3) is 0 Å². The van der Waals surface area contributed by atoms with Crippen molar-refractivity contribution < 1.29 is 34.1 Å². The highest BCUT2D eigenvalue weighted by Crippen LogP contribution is 2.36. The lowest BCUT2D eigenvalue weighted by atomic mass is 9.83. The third-order valence-electron chi connectivity index (χ3n) is 4.44. The highest BCUT2D eigenvalue weighted by Gasteiger charge is 2.48. The number of carbonyl (C=O) groups is 3. The van der Waals surface area contributed by atoms with Gasteiger partial charge in [0, 0.05) is 16.7 Å². The monoisotopic (exact) mass is 362 g/mol. The zero-order chi connectivity index (χ0) is 19.4. The van der Waals surface area contributed by atoms with E-state index in [-0.39, 0.29) is 23.3 Å². The second kappa shape index (κ2) is 8.25. The van der Waals surface area contributed by atoms with Crippen molar-refractivity contribution in [2.45, 2.75) is 38.1 Å². The van der Waals surface area contributed by atoms with E-state index in [9.17, 15) is 24.6 Å². The number of allylic oxidation sites excluding steroid dienone is 1. The lowest BCUT2D eigenvalue weighted by Gasteiger charge is -2.30. The Balaban J connectivity index is 2.54. The number of hydrogen-bond donors (Lipinski definition) is 2. The zero-order valence-corrected chi connectivity index (χ0v) is 14.5. The van der Waals surface area contributed by atoms with E-state index in [1.165, 1.54) is 13.0 Å². The van der Waals surface area contributed by atoms with Crippen LogP contribution in [0.25, 0.3) is 0 Å². The standard InChI is InChI=1S/C19H22O7/c1-10(2)18(23)26-17-15-11(3)19(24)25-14(15)7-12(8-20)5-4-6-13(9-21)16(17)22/h6-7,9,14-17,20,22H,1,3-5,8H2,2H3/b12-7-,13-6-/t14-,15+,16+,17+/m1/s1. The summed E-state index contributed by atoms with van der Waals surface area (Å²) in [4.78, 5) is 35.5. The Morgan fingerprint density at radius 1 is 1.50 bits per heavy atom. The van der Waals surface area contributed by atoms with E-state index in [0.717, 1.165) is 0 Å². The normalized spacial score (nSPS) is 33.0. The SMILES string of the molecule is C=C(C)C(=O)O[C@H]1[C@H]2C(=C)C(=O)O[C@@H]2/C=C(\CO)CC/C=C(/C=O)[C@@H]1O. The van der Waals surface area contributed by atoms with E-state index >= 15 is 0 Å². The van der Waals surface area contributed by atoms with Crippen LogP contribution in [0.2, 0.25) is 0 Å². The molecule has 1 aliphatic carbocycles. The van der Waals surface area contributed by atoms with Crippen LogP contribution in [0.1, 0.15) is 19.8 Å². The molecule has 4 atom stereocenters. The summed E-state index contributed by atoms with van der Waals surface area (Å²) in [5, 5.41) is 20.2. The smallest absolute Gasteiger partial charge is 0.334 e. The molecule has 7 nitrogen and oxygen atoms in total. The second-order valence-electron chi connectivity index (χ2n) is 6.36. The van der Waals surface area contributed by atoms with Gasteiger partial charge in [0.1, 0.15) is 24.6 Å². The molecular weight excluding hydrogens is 340 g/mol. The molecule has 2 rings (SSSR count). The summed E-state index contributed by atoms with van der Waals surface area (Å²) >= 11 is 0. The largest absolute Gasteiger partial charge is 0.455 e. The Morgan fingerprint density at radius 2 is 2.19 bits per heavy atom. The third kappa shape index (κ3) is 4.00. The molecule has 26 heavy (non-hydrogen) atoms. The minimum absolute atomic E-state index is 0.0212. The Bertz CT molecular complexity index is 701. The third-order valence-corrected chi connectivity index (χ3v) is 4.44. The maximum Gasteiger partial charge on any atom is 0.334 e. The van der Waals surface area contributed by atoms with Crippen LogP contribution in [0.5, 0.6) is 0 Å². The van der Waals surface area contributed by atoms with Crippen molar-refractivity contribution in [3.8, 4) is 0 Å². The summed E-state index contributed by atoms with van der Waals surface area (Å²) in [6, 6.07) is 0. The predicted octanol–water partition coefficient (Wildman–Crippen LogP) is 0.771. The van der Waals surface area contributed by atoms with Gasteiger partial charge >= 0.3 is 11.9 Å². The highest BCUT2D eigenvalue weighted by molar-refractivity contribution is 5.92. The van der Waals surface area contributed by atoms with Crippen molar-refractivity contribution in [2.24, 2.45) is 5.92 Å². The summed E-state index contributed by atoms with van der Waals surface area (Å²) in [7, 11) is 0. The van der Waals surface area contributed by atoms with E-state index < -0.39 is 36.2 Å². The first-order chi connectivity index (χ1) is 12.3. The summed E-state index contributed by atoms with van der Waals surface area (Å²) in [6.07, 6.45) is 0.770. The molecule has 1 heterocycles. The van der Waals surface area contributed by atoms with E-state index in [1.54, 1.807) is 6.08 Å². The van der Waals surface area contributed by atoms with Crippen LogP contribution < -0.4 is 0 Å². The summed E-state index contributed by atoms with van der Waals surface area (Å²) in [5.74, 6) is -2.36. The van der Waals surface area contributed by atoms with E-state index in [1.807, 2.05) is 0 Å². The van der Waals surface area contributed by atoms with Crippen molar-refractivity contribution in [1.29, 1.82) is 0 Å². The molecule has 0 saturated carbocycles. The first-order valence-corrected chi connectivity index (χ1v) is 8.20. The van der Waals surface area contributed by atoms with Crippen LogP contribution in [-0.4, -0.2) is 53.4 Å². The van der Waals surface area contributed by atoms with Gasteiger partial charge in [0.15, 0.2) is 0 Å². The second-order valence-corrected chi connectivity index (χ2v) is 6.36. The van der Waals surface area contributed by atoms with Crippen molar-refractivity contribution in [3.05, 3.63) is 47.6 Å². The number of aldehydes is 1. The first kappa shape index (κ1) is 19.8. The van der Waals surface area contributed by atoms with Crippen LogP contribution in [0.3, 0.4) is 0 Å². The van der Waals surface area contributed by atoms with E-state index in [0.29, 0.717) is 24.7 Å².